The number of pyridine rings is 1. The molecule has 4 nitrogen and oxygen atoms in total. The summed E-state index contributed by atoms with van der Waals surface area (Å²) < 4.78 is 18.7. The quantitative estimate of drug-likeness (QED) is 0.791. The van der Waals surface area contributed by atoms with Crippen molar-refractivity contribution in [3.8, 4) is 0 Å². The first-order chi connectivity index (χ1) is 9.29. The van der Waals surface area contributed by atoms with Gasteiger partial charge in [-0.05, 0) is 24.6 Å². The Morgan fingerprint density at radius 1 is 1.53 bits per heavy atom. The van der Waals surface area contributed by atoms with Gasteiger partial charge in [-0.1, -0.05) is 6.92 Å². The first kappa shape index (κ1) is 14.4. The van der Waals surface area contributed by atoms with Gasteiger partial charge in [0.15, 0.2) is 0 Å². The highest BCUT2D eigenvalue weighted by Gasteiger charge is 2.22. The van der Waals surface area contributed by atoms with E-state index >= 15 is 0 Å². The molecule has 0 bridgehead atoms. The second kappa shape index (κ2) is 7.53. The van der Waals surface area contributed by atoms with Crippen LogP contribution in [0.5, 0.6) is 0 Å². The number of ether oxygens (including phenoxy) is 1. The molecule has 19 heavy (non-hydrogen) atoms. The molecule has 1 aliphatic heterocycles. The fourth-order valence-corrected chi connectivity index (χ4v) is 2.31. The van der Waals surface area contributed by atoms with Gasteiger partial charge < -0.3 is 10.1 Å². The largest absolute Gasteiger partial charge is 0.378 e. The van der Waals surface area contributed by atoms with Crippen molar-refractivity contribution in [1.29, 1.82) is 0 Å². The Hall–Kier alpha value is -1.04. The van der Waals surface area contributed by atoms with Crippen LogP contribution in [0.25, 0.3) is 0 Å². The molecular weight excluding hydrogens is 245 g/mol. The van der Waals surface area contributed by atoms with Crippen molar-refractivity contribution in [1.82, 2.24) is 15.2 Å². The molecule has 1 saturated heterocycles. The van der Waals surface area contributed by atoms with E-state index in [9.17, 15) is 4.39 Å². The van der Waals surface area contributed by atoms with Crippen molar-refractivity contribution >= 4 is 0 Å². The van der Waals surface area contributed by atoms with Crippen LogP contribution in [0.3, 0.4) is 0 Å². The van der Waals surface area contributed by atoms with Gasteiger partial charge in [0.2, 0.25) is 0 Å². The number of hydrogen-bond acceptors (Lipinski definition) is 4. The lowest BCUT2D eigenvalue weighted by Crippen LogP contribution is -2.49. The van der Waals surface area contributed by atoms with Crippen LogP contribution in [0, 0.1) is 5.82 Å². The highest BCUT2D eigenvalue weighted by molar-refractivity contribution is 5.10. The molecule has 0 saturated carbocycles. The van der Waals surface area contributed by atoms with Gasteiger partial charge in [-0.15, -0.1) is 0 Å². The SMILES string of the molecule is CCCNCC1COCCN1Cc1cncc(F)c1. The van der Waals surface area contributed by atoms with Crippen molar-refractivity contribution in [2.45, 2.75) is 25.9 Å². The predicted octanol–water partition coefficient (Wildman–Crippen LogP) is 1.42. The molecule has 1 aromatic rings. The molecule has 0 radical (unpaired) electrons. The van der Waals surface area contributed by atoms with Gasteiger partial charge in [0.25, 0.3) is 0 Å². The lowest BCUT2D eigenvalue weighted by atomic mass is 10.2. The Bertz CT molecular complexity index is 389. The number of morpholine rings is 1. The first-order valence-electron chi connectivity index (χ1n) is 6.91. The second-order valence-corrected chi connectivity index (χ2v) is 4.91. The van der Waals surface area contributed by atoms with E-state index in [0.29, 0.717) is 6.04 Å². The fraction of sp³-hybridized carbons (Fsp3) is 0.643. The maximum absolute atomic E-state index is 13.1. The maximum atomic E-state index is 13.1. The van der Waals surface area contributed by atoms with E-state index in [4.69, 9.17) is 4.74 Å². The number of hydrogen-bond donors (Lipinski definition) is 1. The van der Waals surface area contributed by atoms with Gasteiger partial charge in [-0.2, -0.15) is 0 Å². The molecule has 2 rings (SSSR count). The molecule has 1 unspecified atom stereocenters. The lowest BCUT2D eigenvalue weighted by Gasteiger charge is -2.35. The summed E-state index contributed by atoms with van der Waals surface area (Å²) >= 11 is 0. The van der Waals surface area contributed by atoms with Crippen molar-refractivity contribution in [2.75, 3.05) is 32.8 Å². The van der Waals surface area contributed by atoms with E-state index in [1.54, 1.807) is 12.3 Å². The summed E-state index contributed by atoms with van der Waals surface area (Å²) in [6.45, 7) is 7.18. The summed E-state index contributed by atoms with van der Waals surface area (Å²) in [5, 5.41) is 3.42. The summed E-state index contributed by atoms with van der Waals surface area (Å²) in [6.07, 6.45) is 4.10. The van der Waals surface area contributed by atoms with Crippen molar-refractivity contribution in [2.24, 2.45) is 0 Å². The van der Waals surface area contributed by atoms with Gasteiger partial charge in [0, 0.05) is 31.9 Å². The minimum Gasteiger partial charge on any atom is -0.378 e. The molecule has 0 amide bonds. The predicted molar refractivity (Wildman–Crippen MR) is 72.4 cm³/mol. The monoisotopic (exact) mass is 267 g/mol. The molecule has 0 aliphatic carbocycles. The van der Waals surface area contributed by atoms with Crippen LogP contribution in [-0.2, 0) is 11.3 Å². The van der Waals surface area contributed by atoms with E-state index < -0.39 is 0 Å². The highest BCUT2D eigenvalue weighted by atomic mass is 19.1. The zero-order valence-electron chi connectivity index (χ0n) is 11.4. The van der Waals surface area contributed by atoms with Gasteiger partial charge >= 0.3 is 0 Å². The number of halogens is 1. The molecule has 5 heteroatoms. The Balaban J connectivity index is 1.91. The Labute approximate surface area is 114 Å². The molecule has 1 fully saturated rings. The third-order valence-electron chi connectivity index (χ3n) is 3.30. The van der Waals surface area contributed by atoms with Gasteiger partial charge in [0.1, 0.15) is 5.82 Å². The minimum absolute atomic E-state index is 0.272. The molecule has 1 N–H and O–H groups in total. The van der Waals surface area contributed by atoms with Gasteiger partial charge in [-0.25, -0.2) is 4.39 Å². The molecule has 1 atom stereocenters. The van der Waals surface area contributed by atoms with Crippen LogP contribution in [0.2, 0.25) is 0 Å². The van der Waals surface area contributed by atoms with E-state index in [-0.39, 0.29) is 5.82 Å². The number of rotatable bonds is 6. The topological polar surface area (TPSA) is 37.4 Å². The maximum Gasteiger partial charge on any atom is 0.141 e. The molecule has 1 aromatic heterocycles. The smallest absolute Gasteiger partial charge is 0.141 e. The standard InChI is InChI=1S/C14H22FN3O/c1-2-3-16-9-14-11-19-5-4-18(14)10-12-6-13(15)8-17-7-12/h6-8,14,16H,2-5,9-11H2,1H3. The average Bonchev–Trinajstić information content (AvgIpc) is 2.41. The average molecular weight is 267 g/mol. The van der Waals surface area contributed by atoms with Crippen LogP contribution in [-0.4, -0.2) is 48.8 Å². The summed E-state index contributed by atoms with van der Waals surface area (Å²) in [5.74, 6) is -0.272. The molecule has 106 valence electrons. The van der Waals surface area contributed by atoms with Crippen LogP contribution in [0.15, 0.2) is 18.5 Å². The van der Waals surface area contributed by atoms with Crippen molar-refractivity contribution < 1.29 is 9.13 Å². The summed E-state index contributed by atoms with van der Waals surface area (Å²) in [5.41, 5.74) is 0.919. The minimum atomic E-state index is -0.272. The fourth-order valence-electron chi connectivity index (χ4n) is 2.31. The molecule has 0 spiro atoms. The third-order valence-corrected chi connectivity index (χ3v) is 3.30. The van der Waals surface area contributed by atoms with Gasteiger partial charge in [-0.3, -0.25) is 9.88 Å². The van der Waals surface area contributed by atoms with E-state index in [2.05, 4.69) is 22.1 Å². The molecule has 2 heterocycles. The Kier molecular flexibility index (Phi) is 5.69. The van der Waals surface area contributed by atoms with Crippen molar-refractivity contribution in [3.63, 3.8) is 0 Å². The molecular formula is C14H22FN3O. The first-order valence-corrected chi connectivity index (χ1v) is 6.91. The van der Waals surface area contributed by atoms with Gasteiger partial charge in [0.05, 0.1) is 19.4 Å². The zero-order chi connectivity index (χ0) is 13.5. The van der Waals surface area contributed by atoms with Crippen LogP contribution in [0.1, 0.15) is 18.9 Å². The Morgan fingerprint density at radius 2 is 2.42 bits per heavy atom. The molecule has 1 aliphatic rings. The normalized spacial score (nSPS) is 20.6. The molecule has 0 aromatic carbocycles. The number of nitrogens with zero attached hydrogens (tertiary/aromatic N) is 2. The van der Waals surface area contributed by atoms with Crippen LogP contribution >= 0.6 is 0 Å². The van der Waals surface area contributed by atoms with Crippen molar-refractivity contribution in [3.05, 3.63) is 29.8 Å². The third kappa shape index (κ3) is 4.53. The zero-order valence-corrected chi connectivity index (χ0v) is 11.4. The van der Waals surface area contributed by atoms with E-state index in [1.165, 1.54) is 6.20 Å². The number of nitrogens with one attached hydrogen (secondary N) is 1. The summed E-state index contributed by atoms with van der Waals surface area (Å²) in [6, 6.07) is 1.91. The van der Waals surface area contributed by atoms with Crippen LogP contribution < -0.4 is 5.32 Å². The van der Waals surface area contributed by atoms with E-state index in [1.807, 2.05) is 0 Å². The van der Waals surface area contributed by atoms with E-state index in [0.717, 1.165) is 51.4 Å². The summed E-state index contributed by atoms with van der Waals surface area (Å²) in [7, 11) is 0. The number of aromatic nitrogens is 1. The summed E-state index contributed by atoms with van der Waals surface area (Å²) in [4.78, 5) is 6.24. The van der Waals surface area contributed by atoms with Crippen LogP contribution in [0.4, 0.5) is 4.39 Å². The second-order valence-electron chi connectivity index (χ2n) is 4.91. The lowest BCUT2D eigenvalue weighted by molar-refractivity contribution is -0.0109. The highest BCUT2D eigenvalue weighted by Crippen LogP contribution is 2.12. The Morgan fingerprint density at radius 3 is 3.21 bits per heavy atom.